The molecule has 8 heteroatoms. The molecule has 5 nitrogen and oxygen atoms in total. The van der Waals surface area contributed by atoms with Gasteiger partial charge >= 0.3 is 5.97 Å². The molecule has 0 fully saturated rings. The van der Waals surface area contributed by atoms with Crippen molar-refractivity contribution >= 4 is 56.5 Å². The smallest absolute Gasteiger partial charge is 0.350 e. The van der Waals surface area contributed by atoms with Crippen molar-refractivity contribution in [3.05, 3.63) is 33.1 Å². The zero-order valence-electron chi connectivity index (χ0n) is 13.9. The standard InChI is InChI=1S/C17H16Cl2N2O3S/c1-9(2)17(3,8-20)21-13(22)7-24-16(23)15-14(19)11-5-4-10(18)6-12(11)25-15/h4-6,9H,7H2,1-3H3,(H,21,22)/t17-/m0/s1. The van der Waals surface area contributed by atoms with E-state index < -0.39 is 24.0 Å². The van der Waals surface area contributed by atoms with Crippen molar-refractivity contribution in [2.24, 2.45) is 5.92 Å². The van der Waals surface area contributed by atoms with E-state index in [1.165, 1.54) is 0 Å². The average Bonchev–Trinajstić information content (AvgIpc) is 2.88. The lowest BCUT2D eigenvalue weighted by Gasteiger charge is -2.27. The predicted octanol–water partition coefficient (Wildman–Crippen LogP) is 4.42. The third-order valence-electron chi connectivity index (χ3n) is 3.90. The maximum Gasteiger partial charge on any atom is 0.350 e. The fraction of sp³-hybridized carbons (Fsp3) is 0.353. The van der Waals surface area contributed by atoms with Gasteiger partial charge in [-0.05, 0) is 25.0 Å². The van der Waals surface area contributed by atoms with Gasteiger partial charge in [0.2, 0.25) is 0 Å². The van der Waals surface area contributed by atoms with Gasteiger partial charge in [0, 0.05) is 15.1 Å². The highest BCUT2D eigenvalue weighted by Crippen LogP contribution is 2.37. The molecule has 132 valence electrons. The Hall–Kier alpha value is -1.81. The first kappa shape index (κ1) is 19.5. The Morgan fingerprint density at radius 1 is 1.40 bits per heavy atom. The fourth-order valence-electron chi connectivity index (χ4n) is 1.99. The summed E-state index contributed by atoms with van der Waals surface area (Å²) in [7, 11) is 0. The van der Waals surface area contributed by atoms with E-state index >= 15 is 0 Å². The van der Waals surface area contributed by atoms with Crippen LogP contribution in [0.4, 0.5) is 0 Å². The number of nitrogens with one attached hydrogen (secondary N) is 1. The molecular weight excluding hydrogens is 383 g/mol. The monoisotopic (exact) mass is 398 g/mol. The average molecular weight is 399 g/mol. The van der Waals surface area contributed by atoms with Crippen LogP contribution in [-0.4, -0.2) is 24.0 Å². The van der Waals surface area contributed by atoms with Crippen LogP contribution in [-0.2, 0) is 9.53 Å². The number of benzene rings is 1. The second-order valence-corrected chi connectivity index (χ2v) is 7.85. The van der Waals surface area contributed by atoms with Crippen molar-refractivity contribution in [3.63, 3.8) is 0 Å². The highest BCUT2D eigenvalue weighted by atomic mass is 35.5. The van der Waals surface area contributed by atoms with Crippen LogP contribution in [0.2, 0.25) is 10.0 Å². The number of rotatable bonds is 5. The van der Waals surface area contributed by atoms with E-state index in [1.54, 1.807) is 25.1 Å². The molecule has 0 spiro atoms. The summed E-state index contributed by atoms with van der Waals surface area (Å²) in [5.74, 6) is -1.34. The van der Waals surface area contributed by atoms with Crippen molar-refractivity contribution in [3.8, 4) is 6.07 Å². The van der Waals surface area contributed by atoms with Gasteiger partial charge in [0.25, 0.3) is 5.91 Å². The first-order valence-electron chi connectivity index (χ1n) is 7.45. The van der Waals surface area contributed by atoms with Gasteiger partial charge in [0.15, 0.2) is 6.61 Å². The van der Waals surface area contributed by atoms with Crippen LogP contribution in [0, 0.1) is 17.2 Å². The van der Waals surface area contributed by atoms with Gasteiger partial charge in [0.1, 0.15) is 10.4 Å². The number of esters is 1. The van der Waals surface area contributed by atoms with E-state index in [9.17, 15) is 14.9 Å². The zero-order valence-corrected chi connectivity index (χ0v) is 16.2. The number of carbonyl (C=O) groups is 2. The maximum absolute atomic E-state index is 12.2. The largest absolute Gasteiger partial charge is 0.451 e. The van der Waals surface area contributed by atoms with Crippen LogP contribution in [0.5, 0.6) is 0 Å². The number of halogens is 2. The van der Waals surface area contributed by atoms with E-state index in [4.69, 9.17) is 27.9 Å². The highest BCUT2D eigenvalue weighted by molar-refractivity contribution is 7.21. The van der Waals surface area contributed by atoms with Gasteiger partial charge < -0.3 is 10.1 Å². The lowest BCUT2D eigenvalue weighted by molar-refractivity contribution is -0.125. The number of thiophene rings is 1. The number of ether oxygens (including phenoxy) is 1. The van der Waals surface area contributed by atoms with Crippen molar-refractivity contribution in [1.82, 2.24) is 5.32 Å². The third-order valence-corrected chi connectivity index (χ3v) is 5.77. The minimum Gasteiger partial charge on any atom is -0.451 e. The van der Waals surface area contributed by atoms with Gasteiger partial charge in [0.05, 0.1) is 11.1 Å². The molecule has 0 saturated carbocycles. The normalized spacial score (nSPS) is 13.3. The fourth-order valence-corrected chi connectivity index (χ4v) is 3.67. The number of amides is 1. The summed E-state index contributed by atoms with van der Waals surface area (Å²) in [4.78, 5) is 24.4. The van der Waals surface area contributed by atoms with E-state index in [-0.39, 0.29) is 15.8 Å². The third kappa shape index (κ3) is 4.24. The molecule has 0 aliphatic carbocycles. The number of hydrogen-bond acceptors (Lipinski definition) is 5. The molecule has 0 aliphatic rings. The van der Waals surface area contributed by atoms with Gasteiger partial charge in [-0.15, -0.1) is 11.3 Å². The molecule has 1 amide bonds. The molecular formula is C17H16Cl2N2O3S. The van der Waals surface area contributed by atoms with Gasteiger partial charge in [-0.2, -0.15) is 5.26 Å². The van der Waals surface area contributed by atoms with Crippen molar-refractivity contribution in [2.45, 2.75) is 26.3 Å². The van der Waals surface area contributed by atoms with Gasteiger partial charge in [-0.25, -0.2) is 4.79 Å². The van der Waals surface area contributed by atoms with Gasteiger partial charge in [-0.1, -0.05) is 43.1 Å². The second kappa shape index (κ2) is 7.61. The molecule has 0 unspecified atom stereocenters. The molecule has 0 aliphatic heterocycles. The number of fused-ring (bicyclic) bond motifs is 1. The van der Waals surface area contributed by atoms with Crippen molar-refractivity contribution in [1.29, 1.82) is 5.26 Å². The van der Waals surface area contributed by atoms with Gasteiger partial charge in [-0.3, -0.25) is 4.79 Å². The lowest BCUT2D eigenvalue weighted by Crippen LogP contribution is -2.50. The summed E-state index contributed by atoms with van der Waals surface area (Å²) in [6.07, 6.45) is 0. The summed E-state index contributed by atoms with van der Waals surface area (Å²) in [6.45, 7) is 4.76. The molecule has 1 heterocycles. The Morgan fingerprint density at radius 3 is 2.68 bits per heavy atom. The Balaban J connectivity index is 2.07. The van der Waals surface area contributed by atoms with E-state index in [1.807, 2.05) is 13.8 Å². The zero-order chi connectivity index (χ0) is 18.8. The van der Waals surface area contributed by atoms with Crippen molar-refractivity contribution < 1.29 is 14.3 Å². The van der Waals surface area contributed by atoms with Crippen LogP contribution in [0.25, 0.3) is 10.1 Å². The quantitative estimate of drug-likeness (QED) is 0.755. The maximum atomic E-state index is 12.2. The van der Waals surface area contributed by atoms with E-state index in [0.717, 1.165) is 16.0 Å². The van der Waals surface area contributed by atoms with Crippen LogP contribution in [0.1, 0.15) is 30.4 Å². The molecule has 1 N–H and O–H groups in total. The van der Waals surface area contributed by atoms with Crippen LogP contribution < -0.4 is 5.32 Å². The second-order valence-electron chi connectivity index (χ2n) is 5.98. The lowest BCUT2D eigenvalue weighted by atomic mass is 9.90. The first-order valence-corrected chi connectivity index (χ1v) is 9.02. The summed E-state index contributed by atoms with van der Waals surface area (Å²) < 4.78 is 5.79. The summed E-state index contributed by atoms with van der Waals surface area (Å²) in [5.41, 5.74) is -1.03. The minimum absolute atomic E-state index is 0.0982. The van der Waals surface area contributed by atoms with E-state index in [2.05, 4.69) is 11.4 Å². The molecule has 0 radical (unpaired) electrons. The molecule has 25 heavy (non-hydrogen) atoms. The molecule has 2 rings (SSSR count). The Labute approximate surface area is 159 Å². The molecule has 0 bridgehead atoms. The summed E-state index contributed by atoms with van der Waals surface area (Å²) in [5, 5.41) is 13.3. The Kier molecular flexibility index (Phi) is 5.94. The Bertz CT molecular complexity index is 873. The van der Waals surface area contributed by atoms with Crippen LogP contribution in [0.15, 0.2) is 18.2 Å². The number of nitriles is 1. The summed E-state index contributed by atoms with van der Waals surface area (Å²) in [6, 6.07) is 7.17. The Morgan fingerprint density at radius 2 is 2.08 bits per heavy atom. The number of carbonyl (C=O) groups excluding carboxylic acids is 2. The molecule has 1 aromatic heterocycles. The predicted molar refractivity (Wildman–Crippen MR) is 99.1 cm³/mol. The van der Waals surface area contributed by atoms with Crippen molar-refractivity contribution in [2.75, 3.05) is 6.61 Å². The number of nitrogens with zero attached hydrogens (tertiary/aromatic N) is 1. The van der Waals surface area contributed by atoms with Crippen LogP contribution in [0.3, 0.4) is 0 Å². The SMILES string of the molecule is CC(C)[C@](C)(C#N)NC(=O)COC(=O)c1sc2cc(Cl)ccc2c1Cl. The molecule has 1 atom stereocenters. The molecule has 0 saturated heterocycles. The molecule has 2 aromatic rings. The first-order chi connectivity index (χ1) is 11.7. The van der Waals surface area contributed by atoms with Crippen LogP contribution >= 0.6 is 34.5 Å². The topological polar surface area (TPSA) is 79.2 Å². The minimum atomic E-state index is -1.03. The van der Waals surface area contributed by atoms with E-state index in [0.29, 0.717) is 10.4 Å². The number of hydrogen-bond donors (Lipinski definition) is 1. The molecule has 1 aromatic carbocycles. The summed E-state index contributed by atoms with van der Waals surface area (Å²) >= 11 is 13.3. The highest BCUT2D eigenvalue weighted by Gasteiger charge is 2.30.